The fourth-order valence-electron chi connectivity index (χ4n) is 1.42. The van der Waals surface area contributed by atoms with Gasteiger partial charge in [-0.25, -0.2) is 0 Å². The molecule has 1 N–H and O–H groups in total. The van der Waals surface area contributed by atoms with Crippen LogP contribution in [0.25, 0.3) is 0 Å². The van der Waals surface area contributed by atoms with Crippen LogP contribution >= 0.6 is 0 Å². The lowest BCUT2D eigenvalue weighted by Crippen LogP contribution is -2.38. The minimum Gasteiger partial charge on any atom is -0.316 e. The molecule has 0 spiro atoms. The van der Waals surface area contributed by atoms with Crippen LogP contribution in [0.1, 0.15) is 26.7 Å². The molecule has 0 aromatic carbocycles. The summed E-state index contributed by atoms with van der Waals surface area (Å²) in [5.41, 5.74) is 1.69. The molecule has 1 rings (SSSR count). The lowest BCUT2D eigenvalue weighted by molar-refractivity contribution is 0.288. The third-order valence-electron chi connectivity index (χ3n) is 2.63. The lowest BCUT2D eigenvalue weighted by atomic mass is 9.77. The molecule has 0 amide bonds. The van der Waals surface area contributed by atoms with E-state index in [1.807, 2.05) is 0 Å². The monoisotopic (exact) mass is 139 g/mol. The molecule has 1 fully saturated rings. The van der Waals surface area contributed by atoms with Crippen molar-refractivity contribution in [3.05, 3.63) is 12.2 Å². The Kier molecular flexibility index (Phi) is 2.14. The standard InChI is InChI=1S/C9H17N/c1-8(2)9(3)5-4-6-10-7-9/h10H,1,4-7H2,2-3H3/t9-/m1/s1. The highest BCUT2D eigenvalue weighted by Crippen LogP contribution is 2.31. The maximum Gasteiger partial charge on any atom is 0.00423 e. The van der Waals surface area contributed by atoms with E-state index in [9.17, 15) is 0 Å². The molecule has 1 atom stereocenters. The van der Waals surface area contributed by atoms with Crippen molar-refractivity contribution in [1.29, 1.82) is 0 Å². The Bertz CT molecular complexity index is 132. The van der Waals surface area contributed by atoms with Crippen molar-refractivity contribution in [3.63, 3.8) is 0 Å². The SMILES string of the molecule is C=C(C)[C@]1(C)CCCNC1. The molecule has 0 aromatic heterocycles. The number of rotatable bonds is 1. The van der Waals surface area contributed by atoms with Gasteiger partial charge in [0.1, 0.15) is 0 Å². The molecular formula is C9H17N. The number of nitrogens with one attached hydrogen (secondary N) is 1. The molecule has 1 heterocycles. The Morgan fingerprint density at radius 1 is 1.60 bits per heavy atom. The van der Waals surface area contributed by atoms with E-state index < -0.39 is 0 Å². The van der Waals surface area contributed by atoms with E-state index in [0.29, 0.717) is 5.41 Å². The summed E-state index contributed by atoms with van der Waals surface area (Å²) >= 11 is 0. The van der Waals surface area contributed by atoms with E-state index >= 15 is 0 Å². The summed E-state index contributed by atoms with van der Waals surface area (Å²) in [5, 5.41) is 3.40. The summed E-state index contributed by atoms with van der Waals surface area (Å²) in [6.07, 6.45) is 2.60. The fraction of sp³-hybridized carbons (Fsp3) is 0.778. The molecule has 1 aliphatic rings. The summed E-state index contributed by atoms with van der Waals surface area (Å²) < 4.78 is 0. The van der Waals surface area contributed by atoms with Gasteiger partial charge in [-0.15, -0.1) is 0 Å². The molecule has 1 aliphatic heterocycles. The van der Waals surface area contributed by atoms with Gasteiger partial charge in [0.05, 0.1) is 0 Å². The number of hydrogen-bond acceptors (Lipinski definition) is 1. The van der Waals surface area contributed by atoms with Gasteiger partial charge < -0.3 is 5.32 Å². The van der Waals surface area contributed by atoms with Gasteiger partial charge in [-0.1, -0.05) is 19.1 Å². The molecule has 0 aliphatic carbocycles. The molecule has 0 aromatic rings. The van der Waals surface area contributed by atoms with Gasteiger partial charge in [0.15, 0.2) is 0 Å². The Hall–Kier alpha value is -0.300. The van der Waals surface area contributed by atoms with E-state index in [1.165, 1.54) is 25.0 Å². The van der Waals surface area contributed by atoms with Crippen molar-refractivity contribution in [3.8, 4) is 0 Å². The van der Waals surface area contributed by atoms with E-state index in [2.05, 4.69) is 25.7 Å². The van der Waals surface area contributed by atoms with Crippen LogP contribution in [-0.4, -0.2) is 13.1 Å². The second kappa shape index (κ2) is 2.75. The molecule has 0 bridgehead atoms. The first-order chi connectivity index (χ1) is 4.65. The molecule has 1 heteroatoms. The topological polar surface area (TPSA) is 12.0 Å². The first-order valence-corrected chi connectivity index (χ1v) is 4.02. The third kappa shape index (κ3) is 1.40. The van der Waals surface area contributed by atoms with Gasteiger partial charge in [-0.3, -0.25) is 0 Å². The Morgan fingerprint density at radius 2 is 2.30 bits per heavy atom. The van der Waals surface area contributed by atoms with E-state index in [0.717, 1.165) is 6.54 Å². The molecule has 1 saturated heterocycles. The molecule has 0 radical (unpaired) electrons. The highest BCUT2D eigenvalue weighted by Gasteiger charge is 2.26. The highest BCUT2D eigenvalue weighted by molar-refractivity contribution is 5.07. The van der Waals surface area contributed by atoms with E-state index in [1.54, 1.807) is 0 Å². The predicted octanol–water partition coefficient (Wildman–Crippen LogP) is 1.95. The summed E-state index contributed by atoms with van der Waals surface area (Å²) in [6, 6.07) is 0. The third-order valence-corrected chi connectivity index (χ3v) is 2.63. The van der Waals surface area contributed by atoms with Crippen molar-refractivity contribution in [2.75, 3.05) is 13.1 Å². The van der Waals surface area contributed by atoms with Crippen molar-refractivity contribution in [2.24, 2.45) is 5.41 Å². The van der Waals surface area contributed by atoms with Crippen LogP contribution in [0, 0.1) is 5.41 Å². The Labute approximate surface area is 63.5 Å². The summed E-state index contributed by atoms with van der Waals surface area (Å²) in [4.78, 5) is 0. The molecule has 0 unspecified atom stereocenters. The van der Waals surface area contributed by atoms with Crippen LogP contribution in [0.4, 0.5) is 0 Å². The van der Waals surface area contributed by atoms with E-state index in [4.69, 9.17) is 0 Å². The Morgan fingerprint density at radius 3 is 2.60 bits per heavy atom. The van der Waals surface area contributed by atoms with Crippen LogP contribution in [0.2, 0.25) is 0 Å². The van der Waals surface area contributed by atoms with Crippen LogP contribution in [0.5, 0.6) is 0 Å². The number of hydrogen-bond donors (Lipinski definition) is 1. The maximum absolute atomic E-state index is 4.01. The molecule has 10 heavy (non-hydrogen) atoms. The summed E-state index contributed by atoms with van der Waals surface area (Å²) in [6.45, 7) is 10.7. The van der Waals surface area contributed by atoms with Gasteiger partial charge in [-0.2, -0.15) is 0 Å². The van der Waals surface area contributed by atoms with Gasteiger partial charge in [0.25, 0.3) is 0 Å². The average Bonchev–Trinajstić information content (AvgIpc) is 1.89. The first kappa shape index (κ1) is 7.80. The highest BCUT2D eigenvalue weighted by atomic mass is 14.9. The van der Waals surface area contributed by atoms with Crippen LogP contribution < -0.4 is 5.32 Å². The quantitative estimate of drug-likeness (QED) is 0.547. The second-order valence-corrected chi connectivity index (χ2v) is 3.62. The molecule has 1 nitrogen and oxygen atoms in total. The van der Waals surface area contributed by atoms with Crippen molar-refractivity contribution in [2.45, 2.75) is 26.7 Å². The first-order valence-electron chi connectivity index (χ1n) is 4.02. The van der Waals surface area contributed by atoms with Gasteiger partial charge in [0, 0.05) is 12.0 Å². The minimum absolute atomic E-state index is 0.373. The zero-order valence-corrected chi connectivity index (χ0v) is 7.04. The van der Waals surface area contributed by atoms with Crippen molar-refractivity contribution in [1.82, 2.24) is 5.32 Å². The zero-order chi connectivity index (χ0) is 7.61. The average molecular weight is 139 g/mol. The van der Waals surface area contributed by atoms with Gasteiger partial charge in [-0.05, 0) is 26.3 Å². The van der Waals surface area contributed by atoms with Crippen LogP contribution in [0.3, 0.4) is 0 Å². The zero-order valence-electron chi connectivity index (χ0n) is 7.04. The van der Waals surface area contributed by atoms with E-state index in [-0.39, 0.29) is 0 Å². The molecule has 0 saturated carbocycles. The van der Waals surface area contributed by atoms with Crippen LogP contribution in [0.15, 0.2) is 12.2 Å². The molecular weight excluding hydrogens is 122 g/mol. The molecule has 58 valence electrons. The van der Waals surface area contributed by atoms with Crippen molar-refractivity contribution < 1.29 is 0 Å². The van der Waals surface area contributed by atoms with Gasteiger partial charge >= 0.3 is 0 Å². The fourth-order valence-corrected chi connectivity index (χ4v) is 1.42. The van der Waals surface area contributed by atoms with Crippen molar-refractivity contribution >= 4 is 0 Å². The normalized spacial score (nSPS) is 33.8. The summed E-state index contributed by atoms with van der Waals surface area (Å²) in [5.74, 6) is 0. The maximum atomic E-state index is 4.01. The minimum atomic E-state index is 0.373. The smallest absolute Gasteiger partial charge is 0.00423 e. The largest absolute Gasteiger partial charge is 0.316 e. The second-order valence-electron chi connectivity index (χ2n) is 3.62. The Balaban J connectivity index is 2.56. The summed E-state index contributed by atoms with van der Waals surface area (Å²) in [7, 11) is 0. The predicted molar refractivity (Wildman–Crippen MR) is 45.0 cm³/mol. The van der Waals surface area contributed by atoms with Gasteiger partial charge in [0.2, 0.25) is 0 Å². The van der Waals surface area contributed by atoms with Crippen LogP contribution in [-0.2, 0) is 0 Å². The lowest BCUT2D eigenvalue weighted by Gasteiger charge is -2.34. The number of piperidine rings is 1.